The van der Waals surface area contributed by atoms with Gasteiger partial charge in [-0.15, -0.1) is 0 Å². The Hall–Kier alpha value is -2.17. The SMILES string of the molecule is O=C(O)[C]1N=NC2=C1COc1ccccc12. The van der Waals surface area contributed by atoms with Crippen molar-refractivity contribution in [1.29, 1.82) is 0 Å². The van der Waals surface area contributed by atoms with Crippen molar-refractivity contribution in [3.8, 4) is 5.75 Å². The molecule has 0 atom stereocenters. The van der Waals surface area contributed by atoms with Gasteiger partial charge in [-0.3, -0.25) is 0 Å². The van der Waals surface area contributed by atoms with Crippen molar-refractivity contribution in [2.24, 2.45) is 10.2 Å². The number of ether oxygens (including phenoxy) is 1. The summed E-state index contributed by atoms with van der Waals surface area (Å²) in [5.74, 6) is -0.358. The Kier molecular flexibility index (Phi) is 1.80. The lowest BCUT2D eigenvalue weighted by Gasteiger charge is -2.18. The molecular formula is C11H7N2O3. The van der Waals surface area contributed by atoms with E-state index in [2.05, 4.69) is 10.2 Å². The number of nitrogens with zero attached hydrogens (tertiary/aromatic N) is 2. The van der Waals surface area contributed by atoms with E-state index in [1.54, 1.807) is 0 Å². The highest BCUT2D eigenvalue weighted by Crippen LogP contribution is 2.41. The number of carboxylic acid groups (broad SMARTS) is 1. The second kappa shape index (κ2) is 3.16. The van der Waals surface area contributed by atoms with Crippen LogP contribution in [0, 0.1) is 6.04 Å². The van der Waals surface area contributed by atoms with Gasteiger partial charge in [-0.2, -0.15) is 10.2 Å². The second-order valence-electron chi connectivity index (χ2n) is 3.47. The van der Waals surface area contributed by atoms with Crippen LogP contribution >= 0.6 is 0 Å². The van der Waals surface area contributed by atoms with Crippen molar-refractivity contribution in [2.45, 2.75) is 0 Å². The van der Waals surface area contributed by atoms with Crippen molar-refractivity contribution in [3.05, 3.63) is 41.4 Å². The van der Waals surface area contributed by atoms with E-state index in [1.807, 2.05) is 24.3 Å². The zero-order chi connectivity index (χ0) is 11.1. The summed E-state index contributed by atoms with van der Waals surface area (Å²) in [7, 11) is 0. The largest absolute Gasteiger partial charge is 0.488 e. The van der Waals surface area contributed by atoms with Crippen LogP contribution in [0.25, 0.3) is 5.70 Å². The Labute approximate surface area is 91.1 Å². The number of carbonyl (C=O) groups is 1. The fourth-order valence-electron chi connectivity index (χ4n) is 1.80. The van der Waals surface area contributed by atoms with Gasteiger partial charge in [0.25, 0.3) is 0 Å². The topological polar surface area (TPSA) is 71.2 Å². The maximum Gasteiger partial charge on any atom is 0.341 e. The van der Waals surface area contributed by atoms with Crippen LogP contribution in [0.2, 0.25) is 0 Å². The third kappa shape index (κ3) is 1.14. The molecule has 1 radical (unpaired) electrons. The summed E-state index contributed by atoms with van der Waals surface area (Å²) >= 11 is 0. The number of hydrogen-bond donors (Lipinski definition) is 1. The summed E-state index contributed by atoms with van der Waals surface area (Å²) in [6.45, 7) is 0.209. The van der Waals surface area contributed by atoms with Gasteiger partial charge in [0.15, 0.2) is 0 Å². The molecule has 0 amide bonds. The lowest BCUT2D eigenvalue weighted by atomic mass is 10.00. The van der Waals surface area contributed by atoms with Crippen LogP contribution in [0.5, 0.6) is 5.75 Å². The molecule has 0 saturated carbocycles. The smallest absolute Gasteiger partial charge is 0.341 e. The minimum absolute atomic E-state index is 0.0236. The summed E-state index contributed by atoms with van der Waals surface area (Å²) < 4.78 is 5.46. The van der Waals surface area contributed by atoms with Gasteiger partial charge in [-0.1, -0.05) is 12.1 Å². The molecule has 5 heteroatoms. The minimum Gasteiger partial charge on any atom is -0.488 e. The van der Waals surface area contributed by atoms with Gasteiger partial charge < -0.3 is 9.84 Å². The molecule has 2 aliphatic rings. The Morgan fingerprint density at radius 2 is 2.12 bits per heavy atom. The number of fused-ring (bicyclic) bond motifs is 2. The van der Waals surface area contributed by atoms with Gasteiger partial charge in [0.05, 0.1) is 0 Å². The molecule has 0 aliphatic carbocycles. The Bertz CT molecular complexity index is 534. The summed E-state index contributed by atoms with van der Waals surface area (Å²) in [5, 5.41) is 16.5. The van der Waals surface area contributed by atoms with Crippen molar-refractivity contribution in [1.82, 2.24) is 0 Å². The van der Waals surface area contributed by atoms with E-state index in [0.29, 0.717) is 17.0 Å². The zero-order valence-corrected chi connectivity index (χ0v) is 8.17. The molecule has 0 unspecified atom stereocenters. The molecule has 0 bridgehead atoms. The molecule has 79 valence electrons. The minimum atomic E-state index is -1.07. The highest BCUT2D eigenvalue weighted by molar-refractivity contribution is 5.94. The van der Waals surface area contributed by atoms with E-state index in [0.717, 1.165) is 5.56 Å². The van der Waals surface area contributed by atoms with E-state index in [4.69, 9.17) is 9.84 Å². The molecule has 0 aromatic heterocycles. The molecule has 1 N–H and O–H groups in total. The zero-order valence-electron chi connectivity index (χ0n) is 8.17. The number of carboxylic acids is 1. The van der Waals surface area contributed by atoms with Gasteiger partial charge in [-0.05, 0) is 12.1 Å². The molecule has 2 heterocycles. The summed E-state index contributed by atoms with van der Waals surface area (Å²) in [6.07, 6.45) is 0. The third-order valence-electron chi connectivity index (χ3n) is 2.54. The van der Waals surface area contributed by atoms with E-state index in [1.165, 1.54) is 0 Å². The molecule has 2 aliphatic heterocycles. The first-order valence-corrected chi connectivity index (χ1v) is 4.75. The highest BCUT2D eigenvalue weighted by Gasteiger charge is 2.35. The number of para-hydroxylation sites is 1. The Balaban J connectivity index is 2.13. The van der Waals surface area contributed by atoms with Crippen molar-refractivity contribution in [2.75, 3.05) is 6.61 Å². The van der Waals surface area contributed by atoms with Crippen LogP contribution in [0.4, 0.5) is 0 Å². The number of azo groups is 1. The quantitative estimate of drug-likeness (QED) is 0.777. The molecule has 16 heavy (non-hydrogen) atoms. The normalized spacial score (nSPS) is 18.0. The first-order chi connectivity index (χ1) is 7.77. The Morgan fingerprint density at radius 1 is 1.31 bits per heavy atom. The maximum absolute atomic E-state index is 10.9. The fourth-order valence-corrected chi connectivity index (χ4v) is 1.80. The maximum atomic E-state index is 10.9. The molecule has 5 nitrogen and oxygen atoms in total. The predicted octanol–water partition coefficient (Wildman–Crippen LogP) is 1.87. The van der Waals surface area contributed by atoms with E-state index < -0.39 is 5.97 Å². The van der Waals surface area contributed by atoms with Crippen LogP contribution in [0.3, 0.4) is 0 Å². The number of aliphatic carboxylic acids is 1. The van der Waals surface area contributed by atoms with Crippen LogP contribution in [0.15, 0.2) is 40.1 Å². The standard InChI is InChI=1S/C11H7N2O3/c14-11(15)10-7-5-16-8-4-2-1-3-6(8)9(7)12-13-10/h1-4H,5H2,(H,14,15). The average molecular weight is 215 g/mol. The van der Waals surface area contributed by atoms with Gasteiger partial charge in [-0.25, -0.2) is 4.79 Å². The molecule has 1 aromatic rings. The third-order valence-corrected chi connectivity index (χ3v) is 2.54. The Morgan fingerprint density at radius 3 is 2.94 bits per heavy atom. The van der Waals surface area contributed by atoms with E-state index in [-0.39, 0.29) is 12.6 Å². The number of hydrogen-bond acceptors (Lipinski definition) is 4. The van der Waals surface area contributed by atoms with Crippen molar-refractivity contribution >= 4 is 11.7 Å². The molecule has 1 aromatic carbocycles. The van der Waals surface area contributed by atoms with Gasteiger partial charge in [0.1, 0.15) is 18.1 Å². The first-order valence-electron chi connectivity index (χ1n) is 4.75. The monoisotopic (exact) mass is 215 g/mol. The summed E-state index contributed by atoms with van der Waals surface area (Å²) in [6, 6.07) is 7.36. The van der Waals surface area contributed by atoms with Gasteiger partial charge in [0, 0.05) is 11.1 Å². The summed E-state index contributed by atoms with van der Waals surface area (Å²) in [4.78, 5) is 10.9. The first kappa shape index (κ1) is 9.08. The average Bonchev–Trinajstić information content (AvgIpc) is 2.73. The van der Waals surface area contributed by atoms with Crippen molar-refractivity contribution < 1.29 is 14.6 Å². The van der Waals surface area contributed by atoms with Crippen molar-refractivity contribution in [3.63, 3.8) is 0 Å². The molecule has 0 fully saturated rings. The number of rotatable bonds is 1. The molecular weight excluding hydrogens is 208 g/mol. The van der Waals surface area contributed by atoms with Crippen LogP contribution < -0.4 is 4.74 Å². The van der Waals surface area contributed by atoms with Crippen LogP contribution in [-0.2, 0) is 4.79 Å². The van der Waals surface area contributed by atoms with Crippen LogP contribution in [0.1, 0.15) is 5.56 Å². The highest BCUT2D eigenvalue weighted by atomic mass is 16.5. The fraction of sp³-hybridized carbons (Fsp3) is 0.0909. The molecule has 3 rings (SSSR count). The van der Waals surface area contributed by atoms with Gasteiger partial charge >= 0.3 is 5.97 Å². The lowest BCUT2D eigenvalue weighted by Crippen LogP contribution is -2.17. The van der Waals surface area contributed by atoms with E-state index >= 15 is 0 Å². The number of benzene rings is 1. The van der Waals surface area contributed by atoms with Crippen LogP contribution in [-0.4, -0.2) is 17.7 Å². The molecule has 0 saturated heterocycles. The molecule has 0 spiro atoms. The van der Waals surface area contributed by atoms with E-state index in [9.17, 15) is 4.79 Å². The predicted molar refractivity (Wildman–Crippen MR) is 54.6 cm³/mol. The lowest BCUT2D eigenvalue weighted by molar-refractivity contribution is -0.134. The summed E-state index contributed by atoms with van der Waals surface area (Å²) in [5.41, 5.74) is 1.95. The second-order valence-corrected chi connectivity index (χ2v) is 3.47. The van der Waals surface area contributed by atoms with Gasteiger partial charge in [0.2, 0.25) is 6.04 Å².